The molecule has 17 heavy (non-hydrogen) atoms. The fourth-order valence-electron chi connectivity index (χ4n) is 1.31. The zero-order valence-corrected chi connectivity index (χ0v) is 10.2. The number of carbonyl (C=O) groups excluding carboxylic acids is 1. The molecule has 0 saturated heterocycles. The van der Waals surface area contributed by atoms with Crippen LogP contribution in [0.4, 0.5) is 13.6 Å². The Kier molecular flexibility index (Phi) is 5.11. The van der Waals surface area contributed by atoms with Gasteiger partial charge in [0.2, 0.25) is 0 Å². The van der Waals surface area contributed by atoms with E-state index in [9.17, 15) is 13.6 Å². The predicted molar refractivity (Wildman–Crippen MR) is 58.2 cm³/mol. The number of nitrogens with one attached hydrogen (secondary N) is 1. The highest BCUT2D eigenvalue weighted by Gasteiger charge is 2.52. The molecular formula is C11H19F2NO3. The van der Waals surface area contributed by atoms with Crippen LogP contribution in [0.3, 0.4) is 0 Å². The van der Waals surface area contributed by atoms with Crippen LogP contribution in [-0.2, 0) is 9.47 Å². The molecule has 0 aromatic carbocycles. The zero-order chi connectivity index (χ0) is 12.9. The van der Waals surface area contributed by atoms with Crippen LogP contribution in [0.1, 0.15) is 33.1 Å². The number of rotatable bonds is 7. The van der Waals surface area contributed by atoms with Gasteiger partial charge in [0.05, 0.1) is 19.3 Å². The third-order valence-corrected chi connectivity index (χ3v) is 2.53. The standard InChI is InChI=1S/C11H19F2NO3/c1-8(2)16-6-3-7-17-10(15)14-11(4-5-11)9(12)13/h8-9H,3-7H2,1-2H3,(H,14,15). The van der Waals surface area contributed by atoms with Gasteiger partial charge in [-0.3, -0.25) is 0 Å². The molecule has 0 unspecified atom stereocenters. The molecular weight excluding hydrogens is 232 g/mol. The van der Waals surface area contributed by atoms with Gasteiger partial charge in [-0.2, -0.15) is 0 Å². The van der Waals surface area contributed by atoms with E-state index in [1.165, 1.54) is 0 Å². The molecule has 0 heterocycles. The van der Waals surface area contributed by atoms with Gasteiger partial charge in [-0.05, 0) is 26.7 Å². The molecule has 0 aromatic heterocycles. The third-order valence-electron chi connectivity index (χ3n) is 2.53. The van der Waals surface area contributed by atoms with Gasteiger partial charge >= 0.3 is 6.09 Å². The maximum absolute atomic E-state index is 12.5. The summed E-state index contributed by atoms with van der Waals surface area (Å²) < 4.78 is 35.0. The number of carbonyl (C=O) groups is 1. The van der Waals surface area contributed by atoms with Gasteiger partial charge in [-0.25, -0.2) is 13.6 Å². The van der Waals surface area contributed by atoms with Crippen LogP contribution in [0.25, 0.3) is 0 Å². The maximum atomic E-state index is 12.5. The van der Waals surface area contributed by atoms with Crippen LogP contribution in [-0.4, -0.2) is 37.4 Å². The minimum Gasteiger partial charge on any atom is -0.449 e. The molecule has 1 N–H and O–H groups in total. The van der Waals surface area contributed by atoms with Crippen molar-refractivity contribution in [3.8, 4) is 0 Å². The van der Waals surface area contributed by atoms with Crippen LogP contribution in [0.2, 0.25) is 0 Å². The first-order valence-corrected chi connectivity index (χ1v) is 5.81. The van der Waals surface area contributed by atoms with Crippen LogP contribution in [0.15, 0.2) is 0 Å². The van der Waals surface area contributed by atoms with Crippen molar-refractivity contribution in [1.82, 2.24) is 5.32 Å². The summed E-state index contributed by atoms with van der Waals surface area (Å²) in [5.74, 6) is 0. The summed E-state index contributed by atoms with van der Waals surface area (Å²) in [5.41, 5.74) is -1.33. The maximum Gasteiger partial charge on any atom is 0.407 e. The molecule has 4 nitrogen and oxygen atoms in total. The number of alkyl halides is 2. The second-order valence-corrected chi connectivity index (χ2v) is 4.49. The van der Waals surface area contributed by atoms with Gasteiger partial charge in [0.25, 0.3) is 6.43 Å². The quantitative estimate of drug-likeness (QED) is 0.706. The number of alkyl carbamates (subject to hydrolysis) is 1. The second-order valence-electron chi connectivity index (χ2n) is 4.49. The summed E-state index contributed by atoms with van der Waals surface area (Å²) in [7, 11) is 0. The molecule has 1 aliphatic rings. The van der Waals surface area contributed by atoms with Crippen LogP contribution in [0, 0.1) is 0 Å². The first-order valence-electron chi connectivity index (χ1n) is 5.81. The summed E-state index contributed by atoms with van der Waals surface area (Å²) in [5, 5.41) is 2.21. The Morgan fingerprint density at radius 2 is 2.00 bits per heavy atom. The fraction of sp³-hybridized carbons (Fsp3) is 0.909. The highest BCUT2D eigenvalue weighted by Crippen LogP contribution is 2.40. The number of amides is 1. The molecule has 1 amide bonds. The zero-order valence-electron chi connectivity index (χ0n) is 10.2. The predicted octanol–water partition coefficient (Wildman–Crippen LogP) is 2.33. The number of hydrogen-bond donors (Lipinski definition) is 1. The van der Waals surface area contributed by atoms with E-state index < -0.39 is 18.1 Å². The van der Waals surface area contributed by atoms with Crippen LogP contribution >= 0.6 is 0 Å². The van der Waals surface area contributed by atoms with Crippen molar-refractivity contribution in [3.63, 3.8) is 0 Å². The van der Waals surface area contributed by atoms with Crippen molar-refractivity contribution in [2.45, 2.75) is 51.2 Å². The number of hydrogen-bond acceptors (Lipinski definition) is 3. The first-order chi connectivity index (χ1) is 7.96. The third kappa shape index (κ3) is 4.85. The summed E-state index contributed by atoms with van der Waals surface area (Å²) in [6.07, 6.45) is -1.97. The lowest BCUT2D eigenvalue weighted by Gasteiger charge is -2.16. The van der Waals surface area contributed by atoms with E-state index in [1.54, 1.807) is 0 Å². The molecule has 1 saturated carbocycles. The SMILES string of the molecule is CC(C)OCCCOC(=O)NC1(C(F)F)CC1. The molecule has 0 atom stereocenters. The summed E-state index contributed by atoms with van der Waals surface area (Å²) in [6.45, 7) is 4.49. The molecule has 0 aromatic rings. The first kappa shape index (κ1) is 14.2. The minimum atomic E-state index is -2.53. The lowest BCUT2D eigenvalue weighted by atomic mass is 10.3. The van der Waals surface area contributed by atoms with Gasteiger partial charge < -0.3 is 14.8 Å². The molecule has 0 spiro atoms. The van der Waals surface area contributed by atoms with Gasteiger partial charge in [0.15, 0.2) is 0 Å². The molecule has 100 valence electrons. The summed E-state index contributed by atoms with van der Waals surface area (Å²) in [6, 6.07) is 0. The Hall–Kier alpha value is -0.910. The monoisotopic (exact) mass is 251 g/mol. The highest BCUT2D eigenvalue weighted by molar-refractivity contribution is 5.69. The van der Waals surface area contributed by atoms with Crippen molar-refractivity contribution >= 4 is 6.09 Å². The van der Waals surface area contributed by atoms with E-state index in [2.05, 4.69) is 5.32 Å². The summed E-state index contributed by atoms with van der Waals surface area (Å²) in [4.78, 5) is 11.2. The van der Waals surface area contributed by atoms with Crippen molar-refractivity contribution in [2.75, 3.05) is 13.2 Å². The van der Waals surface area contributed by atoms with E-state index in [1.807, 2.05) is 13.8 Å². The van der Waals surface area contributed by atoms with E-state index in [0.29, 0.717) is 25.9 Å². The lowest BCUT2D eigenvalue weighted by molar-refractivity contribution is 0.0550. The van der Waals surface area contributed by atoms with Crippen molar-refractivity contribution in [1.29, 1.82) is 0 Å². The topological polar surface area (TPSA) is 47.6 Å². The van der Waals surface area contributed by atoms with Gasteiger partial charge in [-0.15, -0.1) is 0 Å². The second kappa shape index (κ2) is 6.14. The Morgan fingerprint density at radius 1 is 1.35 bits per heavy atom. The Balaban J connectivity index is 2.06. The Labute approximate surface area is 99.7 Å². The van der Waals surface area contributed by atoms with Crippen LogP contribution in [0.5, 0.6) is 0 Å². The summed E-state index contributed by atoms with van der Waals surface area (Å²) >= 11 is 0. The Morgan fingerprint density at radius 3 is 2.47 bits per heavy atom. The lowest BCUT2D eigenvalue weighted by Crippen LogP contribution is -2.42. The fourth-order valence-corrected chi connectivity index (χ4v) is 1.31. The molecule has 1 fully saturated rings. The Bertz CT molecular complexity index is 255. The van der Waals surface area contributed by atoms with E-state index >= 15 is 0 Å². The largest absolute Gasteiger partial charge is 0.449 e. The normalized spacial score (nSPS) is 17.3. The van der Waals surface area contributed by atoms with E-state index in [0.717, 1.165) is 0 Å². The van der Waals surface area contributed by atoms with Crippen molar-refractivity contribution in [2.24, 2.45) is 0 Å². The number of halogens is 2. The molecule has 1 aliphatic carbocycles. The van der Waals surface area contributed by atoms with Crippen molar-refractivity contribution < 1.29 is 23.0 Å². The van der Waals surface area contributed by atoms with E-state index in [-0.39, 0.29) is 12.7 Å². The minimum absolute atomic E-state index is 0.136. The van der Waals surface area contributed by atoms with Gasteiger partial charge in [-0.1, -0.05) is 0 Å². The smallest absolute Gasteiger partial charge is 0.407 e. The molecule has 1 rings (SSSR count). The molecule has 6 heteroatoms. The molecule has 0 radical (unpaired) electrons. The van der Waals surface area contributed by atoms with Crippen LogP contribution < -0.4 is 5.32 Å². The van der Waals surface area contributed by atoms with E-state index in [4.69, 9.17) is 9.47 Å². The average Bonchev–Trinajstić information content (AvgIpc) is 2.97. The van der Waals surface area contributed by atoms with Crippen molar-refractivity contribution in [3.05, 3.63) is 0 Å². The molecule has 0 bridgehead atoms. The van der Waals surface area contributed by atoms with Gasteiger partial charge in [0, 0.05) is 6.42 Å². The van der Waals surface area contributed by atoms with Gasteiger partial charge in [0.1, 0.15) is 5.54 Å². The highest BCUT2D eigenvalue weighted by atomic mass is 19.3. The number of ether oxygens (including phenoxy) is 2. The molecule has 0 aliphatic heterocycles. The average molecular weight is 251 g/mol.